The minimum Gasteiger partial charge on any atom is -0.480 e. The van der Waals surface area contributed by atoms with Crippen molar-refractivity contribution in [2.45, 2.75) is 38.1 Å². The molecule has 1 aliphatic rings. The van der Waals surface area contributed by atoms with E-state index in [1.807, 2.05) is 18.2 Å². The Morgan fingerprint density at radius 2 is 1.71 bits per heavy atom. The normalized spacial score (nSPS) is 14.1. The summed E-state index contributed by atoms with van der Waals surface area (Å²) in [5.41, 5.74) is 2.19. The zero-order chi connectivity index (χ0) is 27.7. The lowest BCUT2D eigenvalue weighted by Gasteiger charge is -2.32. The Kier molecular flexibility index (Phi) is 10.9. The molecule has 204 valence electrons. The van der Waals surface area contributed by atoms with Gasteiger partial charge < -0.3 is 25.5 Å². The molecule has 1 saturated heterocycles. The molecule has 0 aliphatic carbocycles. The van der Waals surface area contributed by atoms with Gasteiger partial charge in [-0.3, -0.25) is 19.2 Å². The number of benzene rings is 2. The summed E-state index contributed by atoms with van der Waals surface area (Å²) >= 11 is 12.1. The van der Waals surface area contributed by atoms with Crippen LogP contribution in [0.5, 0.6) is 0 Å². The summed E-state index contributed by atoms with van der Waals surface area (Å²) < 4.78 is 0. The highest BCUT2D eigenvalue weighted by atomic mass is 35.5. The van der Waals surface area contributed by atoms with Gasteiger partial charge >= 0.3 is 5.97 Å². The molecule has 0 spiro atoms. The number of rotatable bonds is 12. The molecule has 0 aromatic heterocycles. The highest BCUT2D eigenvalue weighted by Crippen LogP contribution is 2.27. The number of carboxylic acid groups (broad SMARTS) is 1. The zero-order valence-electron chi connectivity index (χ0n) is 21.2. The lowest BCUT2D eigenvalue weighted by Crippen LogP contribution is -2.39. The van der Waals surface area contributed by atoms with E-state index in [1.54, 1.807) is 36.2 Å². The van der Waals surface area contributed by atoms with Crippen LogP contribution in [0, 0.1) is 0 Å². The fraction of sp³-hybridized carbons (Fsp3) is 0.407. The van der Waals surface area contributed by atoms with Crippen molar-refractivity contribution in [1.82, 2.24) is 15.1 Å². The summed E-state index contributed by atoms with van der Waals surface area (Å²) in [4.78, 5) is 52.0. The molecular formula is C27H32Cl2N4O5. The predicted octanol–water partition coefficient (Wildman–Crippen LogP) is 3.75. The maximum Gasteiger partial charge on any atom is 0.322 e. The summed E-state index contributed by atoms with van der Waals surface area (Å²) in [6.07, 6.45) is 2.19. The quantitative estimate of drug-likeness (QED) is 0.362. The average Bonchev–Trinajstić information content (AvgIpc) is 3.40. The summed E-state index contributed by atoms with van der Waals surface area (Å²) in [6.45, 7) is 2.10. The van der Waals surface area contributed by atoms with Gasteiger partial charge in [-0.15, -0.1) is 0 Å². The van der Waals surface area contributed by atoms with E-state index in [0.29, 0.717) is 22.3 Å². The van der Waals surface area contributed by atoms with Gasteiger partial charge in [-0.1, -0.05) is 41.4 Å². The fourth-order valence-electron chi connectivity index (χ4n) is 4.32. The predicted molar refractivity (Wildman–Crippen MR) is 146 cm³/mol. The number of carboxylic acids is 1. The first-order valence-electron chi connectivity index (χ1n) is 12.4. The van der Waals surface area contributed by atoms with E-state index in [4.69, 9.17) is 28.3 Å². The van der Waals surface area contributed by atoms with E-state index in [2.05, 4.69) is 15.5 Å². The highest BCUT2D eigenvalue weighted by molar-refractivity contribution is 6.42. The minimum atomic E-state index is -1.15. The van der Waals surface area contributed by atoms with Crippen LogP contribution in [0.15, 0.2) is 42.5 Å². The number of likely N-dealkylation sites (tertiary alicyclic amines) is 1. The zero-order valence-corrected chi connectivity index (χ0v) is 22.7. The van der Waals surface area contributed by atoms with Crippen LogP contribution in [-0.4, -0.2) is 71.8 Å². The van der Waals surface area contributed by atoms with Crippen LogP contribution in [-0.2, 0) is 25.6 Å². The number of hydrogen-bond donors (Lipinski definition) is 3. The minimum absolute atomic E-state index is 0.0746. The SMILES string of the molecule is CN(C(=O)Cc1ccc(Cl)c(Cl)c1)C(CN1CCCC1)c1cccc(NC(=O)CCC(=O)NCC(=O)O)c1. The first kappa shape index (κ1) is 29.4. The van der Waals surface area contributed by atoms with Gasteiger partial charge in [0.25, 0.3) is 0 Å². The van der Waals surface area contributed by atoms with Crippen molar-refractivity contribution in [3.8, 4) is 0 Å². The van der Waals surface area contributed by atoms with Gasteiger partial charge in [-0.2, -0.15) is 0 Å². The van der Waals surface area contributed by atoms with Gasteiger partial charge in [0.05, 0.1) is 22.5 Å². The van der Waals surface area contributed by atoms with Gasteiger partial charge in [-0.25, -0.2) is 0 Å². The van der Waals surface area contributed by atoms with Crippen LogP contribution < -0.4 is 10.6 Å². The Hall–Kier alpha value is -3.14. The number of carbonyl (C=O) groups is 4. The van der Waals surface area contributed by atoms with Crippen LogP contribution in [0.4, 0.5) is 5.69 Å². The second kappa shape index (κ2) is 14.1. The van der Waals surface area contributed by atoms with Gasteiger partial charge in [0.15, 0.2) is 0 Å². The van der Waals surface area contributed by atoms with Gasteiger partial charge in [-0.05, 0) is 61.3 Å². The molecule has 0 saturated carbocycles. The maximum atomic E-state index is 13.3. The van der Waals surface area contributed by atoms with Gasteiger partial charge in [0.1, 0.15) is 6.54 Å². The molecule has 38 heavy (non-hydrogen) atoms. The van der Waals surface area contributed by atoms with Crippen molar-refractivity contribution in [2.24, 2.45) is 0 Å². The number of amides is 3. The molecule has 1 heterocycles. The van der Waals surface area contributed by atoms with Crippen molar-refractivity contribution in [2.75, 3.05) is 38.5 Å². The third-order valence-electron chi connectivity index (χ3n) is 6.40. The summed E-state index contributed by atoms with van der Waals surface area (Å²) in [6, 6.07) is 12.2. The van der Waals surface area contributed by atoms with Crippen molar-refractivity contribution in [3.05, 3.63) is 63.6 Å². The smallest absolute Gasteiger partial charge is 0.322 e. The Bertz CT molecular complexity index is 1170. The number of carbonyl (C=O) groups excluding carboxylic acids is 3. The molecule has 1 atom stereocenters. The molecule has 11 heteroatoms. The second-order valence-corrected chi connectivity index (χ2v) is 10.1. The van der Waals surface area contributed by atoms with Crippen molar-refractivity contribution < 1.29 is 24.3 Å². The number of nitrogens with one attached hydrogen (secondary N) is 2. The van der Waals surface area contributed by atoms with Crippen LogP contribution in [0.3, 0.4) is 0 Å². The molecule has 1 unspecified atom stereocenters. The molecule has 2 aromatic carbocycles. The molecule has 3 N–H and O–H groups in total. The summed E-state index contributed by atoms with van der Waals surface area (Å²) in [5, 5.41) is 14.5. The number of aliphatic carboxylic acids is 1. The molecule has 1 aliphatic heterocycles. The van der Waals surface area contributed by atoms with Crippen LogP contribution >= 0.6 is 23.2 Å². The number of hydrogen-bond acceptors (Lipinski definition) is 5. The summed E-state index contributed by atoms with van der Waals surface area (Å²) in [7, 11) is 1.78. The molecular weight excluding hydrogens is 531 g/mol. The first-order chi connectivity index (χ1) is 18.1. The first-order valence-corrected chi connectivity index (χ1v) is 13.2. The third-order valence-corrected chi connectivity index (χ3v) is 7.14. The monoisotopic (exact) mass is 562 g/mol. The Morgan fingerprint density at radius 1 is 1.00 bits per heavy atom. The lowest BCUT2D eigenvalue weighted by molar-refractivity contribution is -0.138. The van der Waals surface area contributed by atoms with Crippen molar-refractivity contribution in [3.63, 3.8) is 0 Å². The van der Waals surface area contributed by atoms with E-state index < -0.39 is 18.4 Å². The van der Waals surface area contributed by atoms with Crippen LogP contribution in [0.1, 0.15) is 42.9 Å². The van der Waals surface area contributed by atoms with Crippen LogP contribution in [0.2, 0.25) is 10.0 Å². The fourth-order valence-corrected chi connectivity index (χ4v) is 4.64. The maximum absolute atomic E-state index is 13.3. The van der Waals surface area contributed by atoms with E-state index in [9.17, 15) is 19.2 Å². The van der Waals surface area contributed by atoms with Crippen LogP contribution in [0.25, 0.3) is 0 Å². The molecule has 2 aromatic rings. The molecule has 3 rings (SSSR count). The van der Waals surface area contributed by atoms with Gasteiger partial charge in [0, 0.05) is 32.1 Å². The van der Waals surface area contributed by atoms with Gasteiger partial charge in [0.2, 0.25) is 17.7 Å². The largest absolute Gasteiger partial charge is 0.480 e. The third kappa shape index (κ3) is 9.01. The number of likely N-dealkylation sites (N-methyl/N-ethyl adjacent to an activating group) is 1. The van der Waals surface area contributed by atoms with Crippen molar-refractivity contribution in [1.29, 1.82) is 0 Å². The number of halogens is 2. The molecule has 3 amide bonds. The summed E-state index contributed by atoms with van der Waals surface area (Å²) in [5.74, 6) is -2.10. The molecule has 9 nitrogen and oxygen atoms in total. The Balaban J connectivity index is 1.70. The second-order valence-electron chi connectivity index (χ2n) is 9.30. The molecule has 0 bridgehead atoms. The lowest BCUT2D eigenvalue weighted by atomic mass is 10.0. The molecule has 0 radical (unpaired) electrons. The topological polar surface area (TPSA) is 119 Å². The number of nitrogens with zero attached hydrogens (tertiary/aromatic N) is 2. The standard InChI is InChI=1S/C27H32Cl2N4O5/c1-32(26(36)14-18-7-8-21(28)22(29)13-18)23(17-33-11-2-3-12-33)19-5-4-6-20(15-19)31-25(35)10-9-24(34)30-16-27(37)38/h4-8,13,15,23H,2-3,9-12,14,16-17H2,1H3,(H,30,34)(H,31,35)(H,37,38). The van der Waals surface area contributed by atoms with Crippen molar-refractivity contribution >= 4 is 52.6 Å². The number of anilines is 1. The van der Waals surface area contributed by atoms with E-state index in [0.717, 1.165) is 37.1 Å². The van der Waals surface area contributed by atoms with E-state index >= 15 is 0 Å². The Labute approximate surface area is 232 Å². The molecule has 1 fully saturated rings. The average molecular weight is 563 g/mol. The highest BCUT2D eigenvalue weighted by Gasteiger charge is 2.26. The van der Waals surface area contributed by atoms with E-state index in [1.165, 1.54) is 0 Å². The Morgan fingerprint density at radius 3 is 2.39 bits per heavy atom. The van der Waals surface area contributed by atoms with E-state index in [-0.39, 0.29) is 37.1 Å².